The molecular weight excluding hydrogens is 483 g/mol. The molecule has 0 aliphatic rings. The van der Waals surface area contributed by atoms with Gasteiger partial charge in [0.1, 0.15) is 10.8 Å². The second-order valence-corrected chi connectivity index (χ2v) is 10.9. The molecule has 0 heterocycles. The van der Waals surface area contributed by atoms with Crippen molar-refractivity contribution in [2.75, 3.05) is 13.2 Å². The van der Waals surface area contributed by atoms with E-state index in [-0.39, 0.29) is 11.9 Å². The summed E-state index contributed by atoms with van der Waals surface area (Å²) in [7, 11) is 0. The Kier molecular flexibility index (Phi) is 26.2. The largest absolute Gasteiger partial charge is 0.465 e. The lowest BCUT2D eigenvalue weighted by Crippen LogP contribution is -2.18. The Morgan fingerprint density at radius 3 is 0.943 bits per heavy atom. The van der Waals surface area contributed by atoms with Gasteiger partial charge in [-0.25, -0.2) is 0 Å². The van der Waals surface area contributed by atoms with E-state index in [1.54, 1.807) is 0 Å². The first-order valence-corrected chi connectivity index (χ1v) is 15.5. The summed E-state index contributed by atoms with van der Waals surface area (Å²) >= 11 is 11.9. The number of unbranched alkanes of at least 4 members (excludes halogenated alkanes) is 16. The number of esters is 2. The molecule has 6 heteroatoms. The maximum atomic E-state index is 11.6. The van der Waals surface area contributed by atoms with Gasteiger partial charge in [0.15, 0.2) is 0 Å². The molecule has 0 bridgehead atoms. The molecular formula is C29H54Cl2O4. The van der Waals surface area contributed by atoms with Crippen molar-refractivity contribution in [1.82, 2.24) is 0 Å². The predicted octanol–water partition coefficient (Wildman–Crippen LogP) is 9.52. The number of halogens is 2. The van der Waals surface area contributed by atoms with Crippen LogP contribution in [0.4, 0.5) is 0 Å². The molecule has 35 heavy (non-hydrogen) atoms. The maximum Gasteiger partial charge on any atom is 0.324 e. The van der Waals surface area contributed by atoms with Gasteiger partial charge in [0.25, 0.3) is 0 Å². The Hall–Kier alpha value is -0.480. The van der Waals surface area contributed by atoms with Crippen molar-refractivity contribution in [2.24, 2.45) is 0 Å². The first-order valence-electron chi connectivity index (χ1n) is 14.6. The normalized spacial score (nSPS) is 12.9. The Morgan fingerprint density at radius 2 is 0.714 bits per heavy atom. The molecule has 0 aromatic carbocycles. The quantitative estimate of drug-likeness (QED) is 0.0626. The van der Waals surface area contributed by atoms with Crippen molar-refractivity contribution in [3.63, 3.8) is 0 Å². The van der Waals surface area contributed by atoms with Gasteiger partial charge in [0.2, 0.25) is 0 Å². The molecule has 0 aromatic heterocycles. The summed E-state index contributed by atoms with van der Waals surface area (Å²) < 4.78 is 10.4. The van der Waals surface area contributed by atoms with Crippen molar-refractivity contribution in [2.45, 2.75) is 159 Å². The topological polar surface area (TPSA) is 52.6 Å². The number of hydrogen-bond donors (Lipinski definition) is 0. The van der Waals surface area contributed by atoms with Gasteiger partial charge in [-0.05, 0) is 25.7 Å². The highest BCUT2D eigenvalue weighted by atomic mass is 35.5. The average molecular weight is 538 g/mol. The van der Waals surface area contributed by atoms with Gasteiger partial charge in [-0.1, -0.05) is 123 Å². The lowest BCUT2D eigenvalue weighted by atomic mass is 10.0. The van der Waals surface area contributed by atoms with E-state index in [1.807, 2.05) is 13.8 Å². The van der Waals surface area contributed by atoms with E-state index < -0.39 is 10.8 Å². The molecule has 0 saturated carbocycles. The van der Waals surface area contributed by atoms with Crippen LogP contribution >= 0.6 is 23.2 Å². The van der Waals surface area contributed by atoms with Crippen molar-refractivity contribution in [1.29, 1.82) is 0 Å². The van der Waals surface area contributed by atoms with Crippen LogP contribution in [0.2, 0.25) is 0 Å². The fourth-order valence-electron chi connectivity index (χ4n) is 4.12. The van der Waals surface area contributed by atoms with Crippen LogP contribution in [0, 0.1) is 0 Å². The highest BCUT2D eigenvalue weighted by Gasteiger charge is 2.15. The van der Waals surface area contributed by atoms with Crippen LogP contribution in [0.15, 0.2) is 0 Å². The van der Waals surface area contributed by atoms with Gasteiger partial charge in [-0.3, -0.25) is 9.59 Å². The fraction of sp³-hybridized carbons (Fsp3) is 0.931. The third-order valence-corrected chi connectivity index (χ3v) is 7.17. The molecule has 208 valence electrons. The predicted molar refractivity (Wildman–Crippen MR) is 150 cm³/mol. The molecule has 0 saturated heterocycles. The van der Waals surface area contributed by atoms with E-state index in [4.69, 9.17) is 32.7 Å². The molecule has 0 aromatic rings. The molecule has 0 aliphatic heterocycles. The first kappa shape index (κ1) is 34.5. The third kappa shape index (κ3) is 23.7. The molecule has 0 radical (unpaired) electrons. The zero-order valence-corrected chi connectivity index (χ0v) is 24.3. The summed E-state index contributed by atoms with van der Waals surface area (Å²) in [4.78, 5) is 23.2. The van der Waals surface area contributed by atoms with Gasteiger partial charge >= 0.3 is 11.9 Å². The van der Waals surface area contributed by atoms with Crippen LogP contribution in [-0.2, 0) is 19.1 Å². The van der Waals surface area contributed by atoms with Crippen LogP contribution in [-0.4, -0.2) is 35.9 Å². The van der Waals surface area contributed by atoms with E-state index in [0.717, 1.165) is 38.5 Å². The molecule has 0 aliphatic carbocycles. The third-order valence-electron chi connectivity index (χ3n) is 6.37. The van der Waals surface area contributed by atoms with Gasteiger partial charge in [0.05, 0.1) is 13.2 Å². The zero-order chi connectivity index (χ0) is 26.0. The van der Waals surface area contributed by atoms with Gasteiger partial charge in [-0.2, -0.15) is 0 Å². The lowest BCUT2D eigenvalue weighted by molar-refractivity contribution is -0.144. The van der Waals surface area contributed by atoms with E-state index in [1.165, 1.54) is 83.5 Å². The minimum atomic E-state index is -0.476. The first-order chi connectivity index (χ1) is 17.0. The molecule has 0 N–H and O–H groups in total. The summed E-state index contributed by atoms with van der Waals surface area (Å²) in [5, 5.41) is -0.951. The van der Waals surface area contributed by atoms with Crippen molar-refractivity contribution < 1.29 is 19.1 Å². The minimum Gasteiger partial charge on any atom is -0.465 e. The summed E-state index contributed by atoms with van der Waals surface area (Å²) in [6, 6.07) is 0. The van der Waals surface area contributed by atoms with Crippen molar-refractivity contribution in [3.05, 3.63) is 0 Å². The average Bonchev–Trinajstić information content (AvgIpc) is 2.84. The molecule has 2 unspecified atom stereocenters. The summed E-state index contributed by atoms with van der Waals surface area (Å²) in [6.45, 7) is 5.06. The summed E-state index contributed by atoms with van der Waals surface area (Å²) in [5.41, 5.74) is 0. The van der Waals surface area contributed by atoms with Gasteiger partial charge in [-0.15, -0.1) is 23.2 Å². The minimum absolute atomic E-state index is 0.256. The highest BCUT2D eigenvalue weighted by molar-refractivity contribution is 6.30. The number of rotatable bonds is 26. The van der Waals surface area contributed by atoms with E-state index in [9.17, 15) is 9.59 Å². The molecule has 0 amide bonds. The Morgan fingerprint density at radius 1 is 0.486 bits per heavy atom. The van der Waals surface area contributed by atoms with E-state index >= 15 is 0 Å². The van der Waals surface area contributed by atoms with Crippen LogP contribution < -0.4 is 0 Å². The smallest absolute Gasteiger partial charge is 0.324 e. The summed E-state index contributed by atoms with van der Waals surface area (Å²) in [6.07, 6.45) is 24.6. The number of ether oxygens (including phenoxy) is 2. The van der Waals surface area contributed by atoms with Crippen LogP contribution in [0.3, 0.4) is 0 Å². The van der Waals surface area contributed by atoms with E-state index in [0.29, 0.717) is 26.1 Å². The Balaban J connectivity index is 3.20. The highest BCUT2D eigenvalue weighted by Crippen LogP contribution is 2.15. The second kappa shape index (κ2) is 26.6. The zero-order valence-electron chi connectivity index (χ0n) is 22.8. The van der Waals surface area contributed by atoms with Crippen LogP contribution in [0.5, 0.6) is 0 Å². The van der Waals surface area contributed by atoms with Crippen LogP contribution in [0.25, 0.3) is 0 Å². The number of carbonyl (C=O) groups is 2. The van der Waals surface area contributed by atoms with Crippen LogP contribution in [0.1, 0.15) is 149 Å². The van der Waals surface area contributed by atoms with Gasteiger partial charge < -0.3 is 9.47 Å². The molecule has 4 nitrogen and oxygen atoms in total. The molecule has 0 fully saturated rings. The maximum absolute atomic E-state index is 11.6. The van der Waals surface area contributed by atoms with Gasteiger partial charge in [0, 0.05) is 0 Å². The number of alkyl halides is 2. The Labute approximate surface area is 226 Å². The monoisotopic (exact) mass is 536 g/mol. The number of carbonyl (C=O) groups excluding carboxylic acids is 2. The lowest BCUT2D eigenvalue weighted by Gasteiger charge is -2.08. The Bertz CT molecular complexity index is 445. The van der Waals surface area contributed by atoms with Crippen molar-refractivity contribution >= 4 is 35.1 Å². The second-order valence-electron chi connectivity index (χ2n) is 9.86. The molecule has 2 atom stereocenters. The fourth-order valence-corrected chi connectivity index (χ4v) is 4.69. The van der Waals surface area contributed by atoms with E-state index in [2.05, 4.69) is 0 Å². The molecule has 0 spiro atoms. The van der Waals surface area contributed by atoms with Crippen molar-refractivity contribution in [3.8, 4) is 0 Å². The standard InChI is InChI=1S/C29H54Cl2O4/c1-3-22-26(30)28(32)34-24-20-18-16-14-12-10-8-6-5-7-9-11-13-15-17-19-21-25-35-29(33)27(31)23-4-2/h26-27H,3-25H2,1-2H3. The summed E-state index contributed by atoms with van der Waals surface area (Å²) in [5.74, 6) is -0.512. The number of hydrogen-bond acceptors (Lipinski definition) is 4. The molecule has 0 rings (SSSR count). The SMILES string of the molecule is CCCC(Cl)C(=O)OCCCCCCCCCCCCCCCCCCCOC(=O)C(Cl)CCC.